The second kappa shape index (κ2) is 7.54. The molecule has 0 aliphatic carbocycles. The van der Waals surface area contributed by atoms with E-state index < -0.39 is 0 Å². The van der Waals surface area contributed by atoms with Gasteiger partial charge in [-0.15, -0.1) is 0 Å². The van der Waals surface area contributed by atoms with Crippen molar-refractivity contribution in [3.8, 4) is 11.5 Å². The standard InChI is InChI=1S/C11H14I2O2/c1-9-8-10(14-6-4-12)2-3-11(9)15-7-5-13/h2-3,8H,4-7H2,1H3. The Labute approximate surface area is 118 Å². The lowest BCUT2D eigenvalue weighted by Gasteiger charge is -2.10. The molecule has 1 rings (SSSR count). The second-order valence-electron chi connectivity index (χ2n) is 3.00. The molecule has 0 spiro atoms. The lowest BCUT2D eigenvalue weighted by molar-refractivity contribution is 0.334. The fourth-order valence-electron chi connectivity index (χ4n) is 1.18. The summed E-state index contributed by atoms with van der Waals surface area (Å²) in [4.78, 5) is 0. The molecule has 0 bridgehead atoms. The van der Waals surface area contributed by atoms with Crippen LogP contribution in [0.2, 0.25) is 0 Å². The zero-order chi connectivity index (χ0) is 11.1. The molecule has 2 nitrogen and oxygen atoms in total. The quantitative estimate of drug-likeness (QED) is 0.506. The minimum absolute atomic E-state index is 0.758. The van der Waals surface area contributed by atoms with Crippen LogP contribution in [-0.2, 0) is 0 Å². The molecular weight excluding hydrogens is 418 g/mol. The van der Waals surface area contributed by atoms with Gasteiger partial charge in [0.15, 0.2) is 0 Å². The fourth-order valence-corrected chi connectivity index (χ4v) is 1.62. The van der Waals surface area contributed by atoms with Crippen LogP contribution in [0.1, 0.15) is 5.56 Å². The van der Waals surface area contributed by atoms with Crippen LogP contribution in [0.25, 0.3) is 0 Å². The topological polar surface area (TPSA) is 18.5 Å². The zero-order valence-electron chi connectivity index (χ0n) is 8.63. The van der Waals surface area contributed by atoms with E-state index in [0.717, 1.165) is 39.1 Å². The average Bonchev–Trinajstić information content (AvgIpc) is 2.25. The molecule has 0 atom stereocenters. The van der Waals surface area contributed by atoms with E-state index in [0.29, 0.717) is 0 Å². The average molecular weight is 432 g/mol. The number of alkyl halides is 2. The fraction of sp³-hybridized carbons (Fsp3) is 0.455. The predicted molar refractivity (Wildman–Crippen MR) is 79.9 cm³/mol. The van der Waals surface area contributed by atoms with Crippen LogP contribution < -0.4 is 9.47 Å². The summed E-state index contributed by atoms with van der Waals surface area (Å²) < 4.78 is 13.1. The highest BCUT2D eigenvalue weighted by Gasteiger charge is 2.01. The summed E-state index contributed by atoms with van der Waals surface area (Å²) in [5, 5.41) is 0. The molecule has 84 valence electrons. The van der Waals surface area contributed by atoms with Crippen LogP contribution in [-0.4, -0.2) is 22.1 Å². The van der Waals surface area contributed by atoms with E-state index in [1.807, 2.05) is 25.1 Å². The van der Waals surface area contributed by atoms with E-state index >= 15 is 0 Å². The SMILES string of the molecule is Cc1cc(OCCI)ccc1OCCI. The van der Waals surface area contributed by atoms with Crippen LogP contribution in [0.5, 0.6) is 11.5 Å². The van der Waals surface area contributed by atoms with Crippen molar-refractivity contribution in [3.05, 3.63) is 23.8 Å². The largest absolute Gasteiger partial charge is 0.493 e. The molecule has 4 heteroatoms. The summed E-state index contributed by atoms with van der Waals surface area (Å²) in [6, 6.07) is 5.96. The molecule has 0 saturated heterocycles. The molecule has 0 N–H and O–H groups in total. The van der Waals surface area contributed by atoms with E-state index in [-0.39, 0.29) is 0 Å². The molecule has 0 heterocycles. The molecule has 1 aromatic rings. The molecule has 0 saturated carbocycles. The molecule has 0 aliphatic heterocycles. The molecule has 0 aliphatic rings. The van der Waals surface area contributed by atoms with Crippen molar-refractivity contribution in [1.82, 2.24) is 0 Å². The first-order valence-electron chi connectivity index (χ1n) is 4.76. The molecule has 15 heavy (non-hydrogen) atoms. The van der Waals surface area contributed by atoms with Crippen molar-refractivity contribution in [2.45, 2.75) is 6.92 Å². The van der Waals surface area contributed by atoms with Crippen molar-refractivity contribution in [1.29, 1.82) is 0 Å². The highest BCUT2D eigenvalue weighted by atomic mass is 127. The summed E-state index contributed by atoms with van der Waals surface area (Å²) in [7, 11) is 0. The lowest BCUT2D eigenvalue weighted by atomic mass is 10.2. The summed E-state index contributed by atoms with van der Waals surface area (Å²) in [6.07, 6.45) is 0. The number of aryl methyl sites for hydroxylation is 1. The Hall–Kier alpha value is 0.280. The van der Waals surface area contributed by atoms with Crippen molar-refractivity contribution in [2.24, 2.45) is 0 Å². The van der Waals surface area contributed by atoms with Gasteiger partial charge in [-0.1, -0.05) is 45.2 Å². The van der Waals surface area contributed by atoms with Crippen LogP contribution in [0, 0.1) is 6.92 Å². The Morgan fingerprint density at radius 1 is 1.07 bits per heavy atom. The maximum Gasteiger partial charge on any atom is 0.122 e. The Morgan fingerprint density at radius 2 is 1.73 bits per heavy atom. The van der Waals surface area contributed by atoms with Gasteiger partial charge in [0, 0.05) is 8.86 Å². The van der Waals surface area contributed by atoms with Gasteiger partial charge in [-0.3, -0.25) is 0 Å². The van der Waals surface area contributed by atoms with Gasteiger partial charge in [0.05, 0.1) is 13.2 Å². The molecule has 0 amide bonds. The number of hydrogen-bond acceptors (Lipinski definition) is 2. The molecular formula is C11H14I2O2. The third-order valence-corrected chi connectivity index (χ3v) is 2.71. The molecule has 0 aromatic heterocycles. The zero-order valence-corrected chi connectivity index (χ0v) is 12.9. The minimum Gasteiger partial charge on any atom is -0.493 e. The molecule has 0 unspecified atom stereocenters. The van der Waals surface area contributed by atoms with Gasteiger partial charge in [-0.25, -0.2) is 0 Å². The van der Waals surface area contributed by atoms with Gasteiger partial charge >= 0.3 is 0 Å². The lowest BCUT2D eigenvalue weighted by Crippen LogP contribution is -2.01. The Bertz CT molecular complexity index is 303. The van der Waals surface area contributed by atoms with E-state index in [9.17, 15) is 0 Å². The second-order valence-corrected chi connectivity index (χ2v) is 5.16. The first-order valence-corrected chi connectivity index (χ1v) is 7.81. The van der Waals surface area contributed by atoms with Gasteiger partial charge in [0.2, 0.25) is 0 Å². The predicted octanol–water partition coefficient (Wildman–Crippen LogP) is 3.62. The highest BCUT2D eigenvalue weighted by Crippen LogP contribution is 2.23. The number of hydrogen-bond donors (Lipinski definition) is 0. The summed E-state index contributed by atoms with van der Waals surface area (Å²) in [6.45, 7) is 3.56. The van der Waals surface area contributed by atoms with Crippen LogP contribution >= 0.6 is 45.2 Å². The number of ether oxygens (including phenoxy) is 2. The van der Waals surface area contributed by atoms with Crippen LogP contribution in [0.15, 0.2) is 18.2 Å². The summed E-state index contributed by atoms with van der Waals surface area (Å²) in [5.74, 6) is 1.87. The summed E-state index contributed by atoms with van der Waals surface area (Å²) >= 11 is 4.60. The first-order chi connectivity index (χ1) is 7.27. The van der Waals surface area contributed by atoms with E-state index in [1.165, 1.54) is 0 Å². The van der Waals surface area contributed by atoms with E-state index in [2.05, 4.69) is 45.2 Å². The highest BCUT2D eigenvalue weighted by molar-refractivity contribution is 14.1. The third-order valence-electron chi connectivity index (χ3n) is 1.83. The Kier molecular flexibility index (Phi) is 6.71. The maximum atomic E-state index is 5.58. The smallest absolute Gasteiger partial charge is 0.122 e. The third kappa shape index (κ3) is 4.76. The monoisotopic (exact) mass is 432 g/mol. The normalized spacial score (nSPS) is 10.1. The maximum absolute atomic E-state index is 5.58. The molecule has 1 aromatic carbocycles. The van der Waals surface area contributed by atoms with Crippen molar-refractivity contribution >= 4 is 45.2 Å². The van der Waals surface area contributed by atoms with Crippen molar-refractivity contribution in [2.75, 3.05) is 22.1 Å². The van der Waals surface area contributed by atoms with Gasteiger partial charge in [-0.05, 0) is 30.7 Å². The number of halogens is 2. The van der Waals surface area contributed by atoms with Crippen molar-refractivity contribution in [3.63, 3.8) is 0 Å². The minimum atomic E-state index is 0.758. The van der Waals surface area contributed by atoms with Crippen LogP contribution in [0.3, 0.4) is 0 Å². The van der Waals surface area contributed by atoms with Gasteiger partial charge in [0.1, 0.15) is 11.5 Å². The van der Waals surface area contributed by atoms with E-state index in [1.54, 1.807) is 0 Å². The van der Waals surface area contributed by atoms with E-state index in [4.69, 9.17) is 9.47 Å². The Morgan fingerprint density at radius 3 is 2.33 bits per heavy atom. The van der Waals surface area contributed by atoms with Crippen molar-refractivity contribution < 1.29 is 9.47 Å². The number of rotatable bonds is 6. The van der Waals surface area contributed by atoms with Gasteiger partial charge in [-0.2, -0.15) is 0 Å². The van der Waals surface area contributed by atoms with Gasteiger partial charge < -0.3 is 9.47 Å². The van der Waals surface area contributed by atoms with Crippen LogP contribution in [0.4, 0.5) is 0 Å². The number of benzene rings is 1. The summed E-state index contributed by atoms with van der Waals surface area (Å²) in [5.41, 5.74) is 1.13. The Balaban J connectivity index is 2.61. The first kappa shape index (κ1) is 13.3. The molecule has 0 fully saturated rings. The van der Waals surface area contributed by atoms with Gasteiger partial charge in [0.25, 0.3) is 0 Å². The molecule has 0 radical (unpaired) electrons.